The molecule has 2 atom stereocenters. The molecular weight excluding hydrogens is 302 g/mol. The van der Waals surface area contributed by atoms with Gasteiger partial charge in [-0.05, 0) is 37.1 Å². The van der Waals surface area contributed by atoms with Gasteiger partial charge in [-0.3, -0.25) is 14.6 Å². The fourth-order valence-corrected chi connectivity index (χ4v) is 2.85. The van der Waals surface area contributed by atoms with E-state index in [2.05, 4.69) is 10.3 Å². The summed E-state index contributed by atoms with van der Waals surface area (Å²) < 4.78 is 0. The maximum Gasteiger partial charge on any atom is 0.230 e. The van der Waals surface area contributed by atoms with E-state index in [1.54, 1.807) is 17.3 Å². The number of nitrogens with zero attached hydrogens (tertiary/aromatic N) is 2. The Morgan fingerprint density at radius 3 is 2.62 bits per heavy atom. The van der Waals surface area contributed by atoms with Gasteiger partial charge in [0, 0.05) is 31.2 Å². The molecule has 1 aliphatic carbocycles. The van der Waals surface area contributed by atoms with Crippen LogP contribution in [0.15, 0.2) is 54.9 Å². The highest BCUT2D eigenvalue weighted by atomic mass is 16.2. The van der Waals surface area contributed by atoms with Crippen LogP contribution in [-0.4, -0.2) is 23.3 Å². The number of pyridine rings is 1. The van der Waals surface area contributed by atoms with Crippen LogP contribution in [0.1, 0.15) is 18.9 Å². The monoisotopic (exact) mass is 323 g/mol. The second-order valence-electron chi connectivity index (χ2n) is 5.95. The van der Waals surface area contributed by atoms with Crippen LogP contribution in [0.5, 0.6) is 0 Å². The van der Waals surface area contributed by atoms with Crippen molar-refractivity contribution in [1.82, 2.24) is 10.3 Å². The van der Waals surface area contributed by atoms with Crippen LogP contribution in [0.2, 0.25) is 0 Å². The molecule has 0 saturated heterocycles. The van der Waals surface area contributed by atoms with Crippen LogP contribution < -0.4 is 10.2 Å². The molecule has 1 aliphatic rings. The van der Waals surface area contributed by atoms with Crippen LogP contribution in [0.25, 0.3) is 0 Å². The molecule has 0 radical (unpaired) electrons. The van der Waals surface area contributed by atoms with E-state index in [4.69, 9.17) is 0 Å². The van der Waals surface area contributed by atoms with Crippen LogP contribution in [0.3, 0.4) is 0 Å². The molecule has 1 saturated carbocycles. The molecule has 1 fully saturated rings. The van der Waals surface area contributed by atoms with Gasteiger partial charge in [0.15, 0.2) is 0 Å². The summed E-state index contributed by atoms with van der Waals surface area (Å²) in [5, 5.41) is 2.89. The Hall–Kier alpha value is -2.69. The predicted octanol–water partition coefficient (Wildman–Crippen LogP) is 2.39. The van der Waals surface area contributed by atoms with Crippen molar-refractivity contribution in [2.75, 3.05) is 11.4 Å². The first-order chi connectivity index (χ1) is 11.7. The zero-order chi connectivity index (χ0) is 16.9. The van der Waals surface area contributed by atoms with Gasteiger partial charge >= 0.3 is 0 Å². The second kappa shape index (κ2) is 7.25. The summed E-state index contributed by atoms with van der Waals surface area (Å²) >= 11 is 0. The average molecular weight is 323 g/mol. The first-order valence-corrected chi connectivity index (χ1v) is 8.23. The van der Waals surface area contributed by atoms with Gasteiger partial charge in [0.05, 0.1) is 11.8 Å². The lowest BCUT2D eigenvalue weighted by molar-refractivity contribution is -0.126. The van der Waals surface area contributed by atoms with E-state index in [9.17, 15) is 9.59 Å². The van der Waals surface area contributed by atoms with E-state index in [-0.39, 0.29) is 23.7 Å². The van der Waals surface area contributed by atoms with Crippen molar-refractivity contribution in [2.45, 2.75) is 19.9 Å². The largest absolute Gasteiger partial charge is 0.352 e. The van der Waals surface area contributed by atoms with Gasteiger partial charge in [-0.1, -0.05) is 24.3 Å². The molecule has 2 amide bonds. The number of hydrogen-bond donors (Lipinski definition) is 1. The molecule has 5 nitrogen and oxygen atoms in total. The number of carbonyl (C=O) groups is 2. The van der Waals surface area contributed by atoms with Crippen LogP contribution >= 0.6 is 0 Å². The Bertz CT molecular complexity index is 703. The van der Waals surface area contributed by atoms with Crippen molar-refractivity contribution in [3.05, 3.63) is 60.4 Å². The molecule has 0 spiro atoms. The van der Waals surface area contributed by atoms with E-state index in [0.717, 1.165) is 11.3 Å². The highest BCUT2D eigenvalue weighted by Crippen LogP contribution is 2.41. The summed E-state index contributed by atoms with van der Waals surface area (Å²) in [5.74, 6) is -0.447. The van der Waals surface area contributed by atoms with E-state index in [1.165, 1.54) is 0 Å². The average Bonchev–Trinajstić information content (AvgIpc) is 3.43. The molecule has 5 heteroatoms. The van der Waals surface area contributed by atoms with Crippen LogP contribution in [0, 0.1) is 11.8 Å². The van der Waals surface area contributed by atoms with Crippen molar-refractivity contribution in [1.29, 1.82) is 0 Å². The number of rotatable bonds is 6. The molecule has 1 N–H and O–H groups in total. The maximum absolute atomic E-state index is 12.7. The number of para-hydroxylation sites is 1. The fourth-order valence-electron chi connectivity index (χ4n) is 2.85. The summed E-state index contributed by atoms with van der Waals surface area (Å²) in [6.45, 7) is 2.99. The van der Waals surface area contributed by atoms with Gasteiger partial charge < -0.3 is 10.2 Å². The first-order valence-electron chi connectivity index (χ1n) is 8.23. The number of carbonyl (C=O) groups excluding carboxylic acids is 2. The molecule has 1 aromatic carbocycles. The molecule has 24 heavy (non-hydrogen) atoms. The lowest BCUT2D eigenvalue weighted by atomic mass is 10.2. The molecule has 3 rings (SSSR count). The van der Waals surface area contributed by atoms with Crippen molar-refractivity contribution in [2.24, 2.45) is 11.8 Å². The van der Waals surface area contributed by atoms with E-state index < -0.39 is 0 Å². The molecule has 2 unspecified atom stereocenters. The van der Waals surface area contributed by atoms with Crippen LogP contribution in [-0.2, 0) is 16.1 Å². The van der Waals surface area contributed by atoms with E-state index >= 15 is 0 Å². The van der Waals surface area contributed by atoms with Crippen molar-refractivity contribution >= 4 is 17.5 Å². The number of nitrogens with one attached hydrogen (secondary N) is 1. The highest BCUT2D eigenvalue weighted by Gasteiger charge is 2.49. The zero-order valence-corrected chi connectivity index (χ0v) is 13.7. The molecule has 1 heterocycles. The van der Waals surface area contributed by atoms with Gasteiger partial charge in [-0.25, -0.2) is 0 Å². The third kappa shape index (κ3) is 3.62. The summed E-state index contributed by atoms with van der Waals surface area (Å²) in [6.07, 6.45) is 4.05. The van der Waals surface area contributed by atoms with Crippen molar-refractivity contribution in [3.8, 4) is 0 Å². The molecule has 1 aromatic heterocycles. The highest BCUT2D eigenvalue weighted by molar-refractivity contribution is 6.01. The summed E-state index contributed by atoms with van der Waals surface area (Å²) in [7, 11) is 0. The van der Waals surface area contributed by atoms with Gasteiger partial charge in [-0.15, -0.1) is 0 Å². The van der Waals surface area contributed by atoms with Crippen LogP contribution in [0.4, 0.5) is 5.69 Å². The minimum atomic E-state index is -0.216. The number of amides is 2. The predicted molar refractivity (Wildman–Crippen MR) is 92.1 cm³/mol. The third-order valence-corrected chi connectivity index (χ3v) is 4.28. The Morgan fingerprint density at radius 2 is 1.96 bits per heavy atom. The number of hydrogen-bond acceptors (Lipinski definition) is 3. The van der Waals surface area contributed by atoms with Gasteiger partial charge in [0.1, 0.15) is 0 Å². The second-order valence-corrected chi connectivity index (χ2v) is 5.95. The number of benzene rings is 1. The normalized spacial score (nSPS) is 18.7. The molecule has 2 aromatic rings. The first kappa shape index (κ1) is 16.2. The fraction of sp³-hybridized carbons (Fsp3) is 0.316. The van der Waals surface area contributed by atoms with Gasteiger partial charge in [-0.2, -0.15) is 0 Å². The Balaban J connectivity index is 1.55. The summed E-state index contributed by atoms with van der Waals surface area (Å²) in [5.41, 5.74) is 1.83. The summed E-state index contributed by atoms with van der Waals surface area (Å²) in [4.78, 5) is 30.7. The van der Waals surface area contributed by atoms with E-state index in [0.29, 0.717) is 19.5 Å². The van der Waals surface area contributed by atoms with Gasteiger partial charge in [0.25, 0.3) is 0 Å². The minimum Gasteiger partial charge on any atom is -0.352 e. The lowest BCUT2D eigenvalue weighted by Gasteiger charge is -2.21. The number of aromatic nitrogens is 1. The standard InChI is InChI=1S/C19H21N3O2/c1-2-22(15-8-4-3-5-9-15)19(24)17-11-16(17)18(23)21-13-14-7-6-10-20-12-14/h3-10,12,16-17H,2,11,13H2,1H3,(H,21,23). The van der Waals surface area contributed by atoms with E-state index in [1.807, 2.05) is 49.4 Å². The summed E-state index contributed by atoms with van der Waals surface area (Å²) in [6, 6.07) is 13.3. The Labute approximate surface area is 141 Å². The molecule has 0 bridgehead atoms. The minimum absolute atomic E-state index is 0.0326. The van der Waals surface area contributed by atoms with Gasteiger partial charge in [0.2, 0.25) is 11.8 Å². The molecular formula is C19H21N3O2. The molecule has 124 valence electrons. The SMILES string of the molecule is CCN(C(=O)C1CC1C(=O)NCc1cccnc1)c1ccccc1. The number of anilines is 1. The Kier molecular flexibility index (Phi) is 4.89. The topological polar surface area (TPSA) is 62.3 Å². The maximum atomic E-state index is 12.7. The molecule has 0 aliphatic heterocycles. The van der Waals surface area contributed by atoms with Crippen molar-refractivity contribution in [3.63, 3.8) is 0 Å². The Morgan fingerprint density at radius 1 is 1.17 bits per heavy atom. The van der Waals surface area contributed by atoms with Crippen molar-refractivity contribution < 1.29 is 9.59 Å². The quantitative estimate of drug-likeness (QED) is 0.888. The third-order valence-electron chi connectivity index (χ3n) is 4.28. The zero-order valence-electron chi connectivity index (χ0n) is 13.7. The smallest absolute Gasteiger partial charge is 0.230 e. The lowest BCUT2D eigenvalue weighted by Crippen LogP contribution is -2.34.